The second-order valence-corrected chi connectivity index (χ2v) is 6.28. The SMILES string of the molecule is COc1ccc(C2CCN(C)CC2)c(S(C)=O)c1. The van der Waals surface area contributed by atoms with Crippen LogP contribution in [0.2, 0.25) is 0 Å². The van der Waals surface area contributed by atoms with Gasteiger partial charge in [-0.15, -0.1) is 0 Å². The summed E-state index contributed by atoms with van der Waals surface area (Å²) in [7, 11) is 2.85. The number of likely N-dealkylation sites (tertiary alicyclic amines) is 1. The molecule has 1 unspecified atom stereocenters. The van der Waals surface area contributed by atoms with Gasteiger partial charge in [-0.25, -0.2) is 0 Å². The van der Waals surface area contributed by atoms with Gasteiger partial charge in [0.05, 0.1) is 17.9 Å². The Hall–Kier alpha value is -0.870. The van der Waals surface area contributed by atoms with Gasteiger partial charge in [-0.1, -0.05) is 6.07 Å². The number of hydrogen-bond acceptors (Lipinski definition) is 3. The molecule has 3 nitrogen and oxygen atoms in total. The minimum absolute atomic E-state index is 0.533. The van der Waals surface area contributed by atoms with Crippen LogP contribution in [0, 0.1) is 0 Å². The highest BCUT2D eigenvalue weighted by Gasteiger charge is 2.22. The van der Waals surface area contributed by atoms with Crippen molar-refractivity contribution < 1.29 is 8.95 Å². The smallest absolute Gasteiger partial charge is 0.120 e. The van der Waals surface area contributed by atoms with E-state index in [1.54, 1.807) is 13.4 Å². The molecule has 1 aromatic carbocycles. The molecule has 0 amide bonds. The van der Waals surface area contributed by atoms with Gasteiger partial charge in [-0.3, -0.25) is 4.21 Å². The van der Waals surface area contributed by atoms with Crippen LogP contribution in [0.25, 0.3) is 0 Å². The number of nitrogens with zero attached hydrogens (tertiary/aromatic N) is 1. The average Bonchev–Trinajstić information content (AvgIpc) is 2.39. The zero-order valence-electron chi connectivity index (χ0n) is 11.3. The Morgan fingerprint density at radius 3 is 2.56 bits per heavy atom. The third-order valence-electron chi connectivity index (χ3n) is 3.69. The van der Waals surface area contributed by atoms with E-state index in [0.717, 1.165) is 36.6 Å². The van der Waals surface area contributed by atoms with Gasteiger partial charge in [0, 0.05) is 11.2 Å². The van der Waals surface area contributed by atoms with Gasteiger partial charge in [-0.2, -0.15) is 0 Å². The van der Waals surface area contributed by atoms with Gasteiger partial charge >= 0.3 is 0 Å². The molecular formula is C14H21NO2S. The van der Waals surface area contributed by atoms with Gasteiger partial charge < -0.3 is 9.64 Å². The molecule has 18 heavy (non-hydrogen) atoms. The van der Waals surface area contributed by atoms with Crippen LogP contribution < -0.4 is 4.74 Å². The molecule has 1 aliphatic heterocycles. The van der Waals surface area contributed by atoms with Crippen molar-refractivity contribution >= 4 is 10.8 Å². The number of methoxy groups -OCH3 is 1. The summed E-state index contributed by atoms with van der Waals surface area (Å²) < 4.78 is 17.1. The summed E-state index contributed by atoms with van der Waals surface area (Å²) in [5.41, 5.74) is 1.24. The monoisotopic (exact) mass is 267 g/mol. The minimum atomic E-state index is -0.956. The lowest BCUT2D eigenvalue weighted by molar-refractivity contribution is 0.254. The molecule has 1 aromatic rings. The fraction of sp³-hybridized carbons (Fsp3) is 0.571. The predicted molar refractivity (Wildman–Crippen MR) is 74.8 cm³/mol. The van der Waals surface area contributed by atoms with Crippen LogP contribution in [-0.4, -0.2) is 42.6 Å². The molecule has 1 saturated heterocycles. The van der Waals surface area contributed by atoms with Crippen molar-refractivity contribution in [1.29, 1.82) is 0 Å². The van der Waals surface area contributed by atoms with E-state index in [1.807, 2.05) is 12.1 Å². The van der Waals surface area contributed by atoms with E-state index >= 15 is 0 Å². The van der Waals surface area contributed by atoms with Crippen LogP contribution in [0.15, 0.2) is 23.1 Å². The van der Waals surface area contributed by atoms with Crippen molar-refractivity contribution in [2.75, 3.05) is 33.5 Å². The molecule has 0 aromatic heterocycles. The molecule has 0 spiro atoms. The minimum Gasteiger partial charge on any atom is -0.497 e. The molecule has 0 bridgehead atoms. The van der Waals surface area contributed by atoms with Crippen LogP contribution in [0.4, 0.5) is 0 Å². The van der Waals surface area contributed by atoms with Crippen LogP contribution in [-0.2, 0) is 10.8 Å². The lowest BCUT2D eigenvalue weighted by Gasteiger charge is -2.30. The summed E-state index contributed by atoms with van der Waals surface area (Å²) in [6, 6.07) is 5.99. The first-order chi connectivity index (χ1) is 8.61. The highest BCUT2D eigenvalue weighted by Crippen LogP contribution is 2.33. The number of hydrogen-bond donors (Lipinski definition) is 0. The molecule has 0 aliphatic carbocycles. The zero-order valence-corrected chi connectivity index (χ0v) is 12.1. The molecule has 100 valence electrons. The van der Waals surface area contributed by atoms with Crippen molar-refractivity contribution in [3.63, 3.8) is 0 Å². The average molecular weight is 267 g/mol. The first-order valence-electron chi connectivity index (χ1n) is 6.31. The Morgan fingerprint density at radius 2 is 2.00 bits per heavy atom. The molecular weight excluding hydrogens is 246 g/mol. The Bertz CT molecular complexity index is 439. The standard InChI is InChI=1S/C14H21NO2S/c1-15-8-6-11(7-9-15)13-5-4-12(17-2)10-14(13)18(3)16/h4-5,10-11H,6-9H2,1-3H3. The molecule has 0 N–H and O–H groups in total. The van der Waals surface area contributed by atoms with Crippen LogP contribution >= 0.6 is 0 Å². The fourth-order valence-corrected chi connectivity index (χ4v) is 3.40. The van der Waals surface area contributed by atoms with Crippen molar-refractivity contribution in [2.45, 2.75) is 23.7 Å². The number of rotatable bonds is 3. The van der Waals surface area contributed by atoms with Crippen molar-refractivity contribution in [3.8, 4) is 5.75 Å². The maximum atomic E-state index is 11.9. The van der Waals surface area contributed by atoms with Gasteiger partial charge in [0.15, 0.2) is 0 Å². The van der Waals surface area contributed by atoms with Gasteiger partial charge in [0.1, 0.15) is 5.75 Å². The molecule has 1 aliphatic rings. The number of ether oxygens (including phenoxy) is 1. The third kappa shape index (κ3) is 2.93. The molecule has 0 radical (unpaired) electrons. The Kier molecular flexibility index (Phi) is 4.40. The second kappa shape index (κ2) is 5.85. The second-order valence-electron chi connectivity index (χ2n) is 4.94. The first-order valence-corrected chi connectivity index (χ1v) is 7.87. The Balaban J connectivity index is 2.29. The maximum Gasteiger partial charge on any atom is 0.120 e. The summed E-state index contributed by atoms with van der Waals surface area (Å²) >= 11 is 0. The summed E-state index contributed by atoms with van der Waals surface area (Å²) in [6.07, 6.45) is 4.04. The van der Waals surface area contributed by atoms with Crippen LogP contribution in [0.3, 0.4) is 0 Å². The maximum absolute atomic E-state index is 11.9. The van der Waals surface area contributed by atoms with Crippen molar-refractivity contribution in [2.24, 2.45) is 0 Å². The lowest BCUT2D eigenvalue weighted by Crippen LogP contribution is -2.29. The Labute approximate surface area is 112 Å². The number of benzene rings is 1. The van der Waals surface area contributed by atoms with E-state index < -0.39 is 10.8 Å². The number of piperidine rings is 1. The van der Waals surface area contributed by atoms with Gasteiger partial charge in [0.25, 0.3) is 0 Å². The van der Waals surface area contributed by atoms with E-state index in [0.29, 0.717) is 5.92 Å². The largest absolute Gasteiger partial charge is 0.497 e. The summed E-state index contributed by atoms with van der Waals surface area (Å²) in [5.74, 6) is 1.32. The fourth-order valence-electron chi connectivity index (χ4n) is 2.55. The predicted octanol–water partition coefficient (Wildman–Crippen LogP) is 2.24. The molecule has 4 heteroatoms. The molecule has 1 fully saturated rings. The van der Waals surface area contributed by atoms with Crippen LogP contribution in [0.1, 0.15) is 24.3 Å². The third-order valence-corrected chi connectivity index (χ3v) is 4.66. The molecule has 1 heterocycles. The van der Waals surface area contributed by atoms with Crippen molar-refractivity contribution in [3.05, 3.63) is 23.8 Å². The van der Waals surface area contributed by atoms with E-state index in [-0.39, 0.29) is 0 Å². The lowest BCUT2D eigenvalue weighted by atomic mass is 9.89. The van der Waals surface area contributed by atoms with Gasteiger partial charge in [-0.05, 0) is 56.6 Å². The zero-order chi connectivity index (χ0) is 13.1. The highest BCUT2D eigenvalue weighted by molar-refractivity contribution is 7.84. The van der Waals surface area contributed by atoms with E-state index in [1.165, 1.54) is 5.56 Å². The quantitative estimate of drug-likeness (QED) is 0.841. The molecule has 0 saturated carbocycles. The summed E-state index contributed by atoms with van der Waals surface area (Å²) in [4.78, 5) is 3.28. The Morgan fingerprint density at radius 1 is 1.33 bits per heavy atom. The van der Waals surface area contributed by atoms with E-state index in [2.05, 4.69) is 18.0 Å². The van der Waals surface area contributed by atoms with E-state index in [9.17, 15) is 4.21 Å². The first kappa shape index (κ1) is 13.6. The van der Waals surface area contributed by atoms with Gasteiger partial charge in [0.2, 0.25) is 0 Å². The normalized spacial score (nSPS) is 19.7. The van der Waals surface area contributed by atoms with Crippen LogP contribution in [0.5, 0.6) is 5.75 Å². The molecule has 1 atom stereocenters. The highest BCUT2D eigenvalue weighted by atomic mass is 32.2. The van der Waals surface area contributed by atoms with Crippen molar-refractivity contribution in [1.82, 2.24) is 4.90 Å². The topological polar surface area (TPSA) is 29.5 Å². The van der Waals surface area contributed by atoms with E-state index in [4.69, 9.17) is 4.74 Å². The summed E-state index contributed by atoms with van der Waals surface area (Å²) in [5, 5.41) is 0. The molecule has 2 rings (SSSR count). The summed E-state index contributed by atoms with van der Waals surface area (Å²) in [6.45, 7) is 2.24.